The van der Waals surface area contributed by atoms with Crippen LogP contribution in [0.25, 0.3) is 0 Å². The van der Waals surface area contributed by atoms with E-state index in [1.807, 2.05) is 0 Å². The van der Waals surface area contributed by atoms with E-state index < -0.39 is 0 Å². The monoisotopic (exact) mass is 378 g/mol. The Bertz CT molecular complexity index is 741. The Hall–Kier alpha value is -2.04. The predicted molar refractivity (Wildman–Crippen MR) is 119 cm³/mol. The summed E-state index contributed by atoms with van der Waals surface area (Å²) in [5, 5.41) is 3.62. The van der Waals surface area contributed by atoms with E-state index in [1.54, 1.807) is 0 Å². The molecule has 0 saturated carbocycles. The molecular formula is C24H34N4. The third-order valence-corrected chi connectivity index (χ3v) is 6.38. The summed E-state index contributed by atoms with van der Waals surface area (Å²) in [4.78, 5) is 7.32. The molecule has 2 aliphatic rings. The first-order valence-electron chi connectivity index (χ1n) is 10.7. The maximum atomic E-state index is 3.62. The fourth-order valence-electron chi connectivity index (χ4n) is 4.34. The SMILES string of the molecule is CN1CCC(c2cccc(NCc3ccc(N4CCN(C)CC4)cc3)c2)CC1. The number of hydrogen-bond acceptors (Lipinski definition) is 4. The molecule has 1 N–H and O–H groups in total. The number of anilines is 2. The summed E-state index contributed by atoms with van der Waals surface area (Å²) in [5.74, 6) is 0.709. The van der Waals surface area contributed by atoms with Gasteiger partial charge in [-0.15, -0.1) is 0 Å². The summed E-state index contributed by atoms with van der Waals surface area (Å²) in [7, 11) is 4.43. The van der Waals surface area contributed by atoms with Crippen LogP contribution in [-0.2, 0) is 6.54 Å². The quantitative estimate of drug-likeness (QED) is 0.853. The predicted octanol–water partition coefficient (Wildman–Crippen LogP) is 3.86. The molecule has 2 saturated heterocycles. The van der Waals surface area contributed by atoms with Crippen LogP contribution in [0.15, 0.2) is 48.5 Å². The van der Waals surface area contributed by atoms with Crippen LogP contribution in [0.4, 0.5) is 11.4 Å². The van der Waals surface area contributed by atoms with Gasteiger partial charge in [-0.25, -0.2) is 0 Å². The number of likely N-dealkylation sites (tertiary alicyclic amines) is 1. The van der Waals surface area contributed by atoms with Gasteiger partial charge in [-0.1, -0.05) is 24.3 Å². The van der Waals surface area contributed by atoms with E-state index in [0.29, 0.717) is 5.92 Å². The van der Waals surface area contributed by atoms with E-state index in [2.05, 4.69) is 82.6 Å². The topological polar surface area (TPSA) is 21.8 Å². The Morgan fingerprint density at radius 2 is 1.50 bits per heavy atom. The molecule has 150 valence electrons. The number of rotatable bonds is 5. The van der Waals surface area contributed by atoms with Crippen molar-refractivity contribution in [2.45, 2.75) is 25.3 Å². The van der Waals surface area contributed by atoms with Crippen molar-refractivity contribution in [1.29, 1.82) is 0 Å². The van der Waals surface area contributed by atoms with Gasteiger partial charge in [0.25, 0.3) is 0 Å². The first-order chi connectivity index (χ1) is 13.7. The number of benzene rings is 2. The van der Waals surface area contributed by atoms with Crippen molar-refractivity contribution >= 4 is 11.4 Å². The smallest absolute Gasteiger partial charge is 0.0400 e. The standard InChI is InChI=1S/C24H34N4/c1-26-12-10-21(11-13-26)22-4-3-5-23(18-22)25-19-20-6-8-24(9-7-20)28-16-14-27(2)15-17-28/h3-9,18,21,25H,10-17,19H2,1-2H3. The van der Waals surface area contributed by atoms with E-state index in [1.165, 1.54) is 48.4 Å². The number of piperidine rings is 1. The number of likely N-dealkylation sites (N-methyl/N-ethyl adjacent to an activating group) is 1. The molecule has 2 fully saturated rings. The lowest BCUT2D eigenvalue weighted by atomic mass is 9.89. The first kappa shape index (κ1) is 19.3. The normalized spacial score (nSPS) is 19.7. The van der Waals surface area contributed by atoms with Crippen molar-refractivity contribution in [3.63, 3.8) is 0 Å². The highest BCUT2D eigenvalue weighted by Gasteiger charge is 2.18. The fraction of sp³-hybridized carbons (Fsp3) is 0.500. The largest absolute Gasteiger partial charge is 0.381 e. The molecule has 2 aromatic rings. The molecule has 0 atom stereocenters. The van der Waals surface area contributed by atoms with Gasteiger partial charge in [0.15, 0.2) is 0 Å². The van der Waals surface area contributed by atoms with Crippen LogP contribution in [0.1, 0.15) is 29.9 Å². The molecule has 0 radical (unpaired) electrons. The van der Waals surface area contributed by atoms with Crippen LogP contribution in [0.2, 0.25) is 0 Å². The second kappa shape index (κ2) is 8.97. The lowest BCUT2D eigenvalue weighted by Crippen LogP contribution is -2.44. The van der Waals surface area contributed by atoms with Gasteiger partial charge in [-0.05, 0) is 81.3 Å². The van der Waals surface area contributed by atoms with Gasteiger partial charge in [0.1, 0.15) is 0 Å². The highest BCUT2D eigenvalue weighted by atomic mass is 15.2. The van der Waals surface area contributed by atoms with Gasteiger partial charge in [0.05, 0.1) is 0 Å². The molecule has 4 heteroatoms. The molecule has 4 nitrogen and oxygen atoms in total. The van der Waals surface area contributed by atoms with Crippen molar-refractivity contribution in [2.24, 2.45) is 0 Å². The van der Waals surface area contributed by atoms with Gasteiger partial charge >= 0.3 is 0 Å². The van der Waals surface area contributed by atoms with Crippen molar-refractivity contribution in [3.05, 3.63) is 59.7 Å². The average molecular weight is 379 g/mol. The summed E-state index contributed by atoms with van der Waals surface area (Å²) >= 11 is 0. The molecule has 2 aromatic carbocycles. The molecule has 0 amide bonds. The zero-order valence-electron chi connectivity index (χ0n) is 17.4. The highest BCUT2D eigenvalue weighted by Crippen LogP contribution is 2.29. The molecule has 0 aromatic heterocycles. The third kappa shape index (κ3) is 4.86. The maximum Gasteiger partial charge on any atom is 0.0400 e. The second-order valence-electron chi connectivity index (χ2n) is 8.51. The molecule has 2 heterocycles. The van der Waals surface area contributed by atoms with Gasteiger partial charge in [-0.3, -0.25) is 0 Å². The Labute approximate surface area is 170 Å². The van der Waals surface area contributed by atoms with Crippen LogP contribution >= 0.6 is 0 Å². The second-order valence-corrected chi connectivity index (χ2v) is 8.51. The third-order valence-electron chi connectivity index (χ3n) is 6.38. The minimum atomic E-state index is 0.709. The number of hydrogen-bond donors (Lipinski definition) is 1. The Morgan fingerprint density at radius 1 is 0.821 bits per heavy atom. The van der Waals surface area contributed by atoms with Crippen molar-refractivity contribution in [1.82, 2.24) is 9.80 Å². The highest BCUT2D eigenvalue weighted by molar-refractivity contribution is 5.50. The van der Waals surface area contributed by atoms with Crippen molar-refractivity contribution < 1.29 is 0 Å². The van der Waals surface area contributed by atoms with Gasteiger partial charge in [0.2, 0.25) is 0 Å². The Morgan fingerprint density at radius 3 is 2.21 bits per heavy atom. The Balaban J connectivity index is 1.32. The number of nitrogens with zero attached hydrogens (tertiary/aromatic N) is 3. The van der Waals surface area contributed by atoms with E-state index in [4.69, 9.17) is 0 Å². The summed E-state index contributed by atoms with van der Waals surface area (Å²) in [6.45, 7) is 7.84. The molecule has 4 rings (SSSR count). The number of nitrogens with one attached hydrogen (secondary N) is 1. The Kier molecular flexibility index (Phi) is 6.18. The van der Waals surface area contributed by atoms with Crippen LogP contribution in [0, 0.1) is 0 Å². The maximum absolute atomic E-state index is 3.62. The zero-order chi connectivity index (χ0) is 19.3. The van der Waals surface area contributed by atoms with Gasteiger partial charge in [-0.2, -0.15) is 0 Å². The van der Waals surface area contributed by atoms with Crippen LogP contribution in [0.3, 0.4) is 0 Å². The van der Waals surface area contributed by atoms with Crippen molar-refractivity contribution in [2.75, 3.05) is 63.6 Å². The summed E-state index contributed by atoms with van der Waals surface area (Å²) in [6.07, 6.45) is 2.54. The van der Waals surface area contributed by atoms with Gasteiger partial charge in [0, 0.05) is 44.1 Å². The molecule has 2 aliphatic heterocycles. The fourth-order valence-corrected chi connectivity index (χ4v) is 4.34. The summed E-state index contributed by atoms with van der Waals surface area (Å²) < 4.78 is 0. The number of piperazine rings is 1. The molecule has 0 aliphatic carbocycles. The zero-order valence-corrected chi connectivity index (χ0v) is 17.4. The van der Waals surface area contributed by atoms with Crippen molar-refractivity contribution in [3.8, 4) is 0 Å². The average Bonchev–Trinajstić information content (AvgIpc) is 2.74. The van der Waals surface area contributed by atoms with Gasteiger partial charge < -0.3 is 20.0 Å². The summed E-state index contributed by atoms with van der Waals surface area (Å²) in [5.41, 5.74) is 5.41. The lowest BCUT2D eigenvalue weighted by Gasteiger charge is -2.34. The van der Waals surface area contributed by atoms with Crippen LogP contribution < -0.4 is 10.2 Å². The van der Waals surface area contributed by atoms with E-state index >= 15 is 0 Å². The first-order valence-corrected chi connectivity index (χ1v) is 10.7. The minimum absolute atomic E-state index is 0.709. The minimum Gasteiger partial charge on any atom is -0.381 e. The molecule has 28 heavy (non-hydrogen) atoms. The molecule has 0 bridgehead atoms. The van der Waals surface area contributed by atoms with Crippen LogP contribution in [-0.4, -0.2) is 63.2 Å². The van der Waals surface area contributed by atoms with E-state index in [0.717, 1.165) is 32.7 Å². The summed E-state index contributed by atoms with van der Waals surface area (Å²) in [6, 6.07) is 18.1. The van der Waals surface area contributed by atoms with Crippen LogP contribution in [0.5, 0.6) is 0 Å². The van der Waals surface area contributed by atoms with E-state index in [9.17, 15) is 0 Å². The molecule has 0 spiro atoms. The molecule has 0 unspecified atom stereocenters. The van der Waals surface area contributed by atoms with E-state index in [-0.39, 0.29) is 0 Å². The molecular weight excluding hydrogens is 344 g/mol. The lowest BCUT2D eigenvalue weighted by molar-refractivity contribution is 0.255.